The van der Waals surface area contributed by atoms with E-state index in [4.69, 9.17) is 4.74 Å². The summed E-state index contributed by atoms with van der Waals surface area (Å²) < 4.78 is 5.46. The monoisotopic (exact) mass is 423 g/mol. The minimum absolute atomic E-state index is 0.137. The summed E-state index contributed by atoms with van der Waals surface area (Å²) in [6.07, 6.45) is 0. The van der Waals surface area contributed by atoms with Crippen molar-refractivity contribution in [2.75, 3.05) is 19.7 Å². The van der Waals surface area contributed by atoms with Crippen molar-refractivity contribution in [3.8, 4) is 5.75 Å². The molecule has 8 nitrogen and oxygen atoms in total. The van der Waals surface area contributed by atoms with Gasteiger partial charge in [0.2, 0.25) is 5.91 Å². The Hall–Kier alpha value is -3.68. The molecule has 0 spiro atoms. The molecule has 0 saturated heterocycles. The van der Waals surface area contributed by atoms with Crippen LogP contribution in [0.4, 0.5) is 0 Å². The Morgan fingerprint density at radius 3 is 2.16 bits per heavy atom. The van der Waals surface area contributed by atoms with Gasteiger partial charge in [-0.1, -0.05) is 18.2 Å². The maximum Gasteiger partial charge on any atom is 0.262 e. The molecule has 2 aromatic rings. The van der Waals surface area contributed by atoms with E-state index in [0.717, 1.165) is 16.0 Å². The molecule has 4 amide bonds. The Morgan fingerprint density at radius 2 is 1.55 bits per heavy atom. The van der Waals surface area contributed by atoms with Crippen LogP contribution in [0.3, 0.4) is 0 Å². The molecule has 0 aliphatic carbocycles. The highest BCUT2D eigenvalue weighted by molar-refractivity contribution is 6.22. The van der Waals surface area contributed by atoms with Crippen LogP contribution in [0.2, 0.25) is 0 Å². The van der Waals surface area contributed by atoms with Gasteiger partial charge >= 0.3 is 0 Å². The molecule has 1 aliphatic rings. The van der Waals surface area contributed by atoms with Gasteiger partial charge in [0.15, 0.2) is 6.61 Å². The van der Waals surface area contributed by atoms with E-state index in [1.807, 2.05) is 26.0 Å². The van der Waals surface area contributed by atoms with Gasteiger partial charge in [0.05, 0.1) is 11.1 Å². The molecule has 1 aliphatic heterocycles. The van der Waals surface area contributed by atoms with Crippen molar-refractivity contribution in [2.45, 2.75) is 26.8 Å². The predicted octanol–water partition coefficient (Wildman–Crippen LogP) is 1.60. The van der Waals surface area contributed by atoms with Crippen LogP contribution >= 0.6 is 0 Å². The first-order chi connectivity index (χ1) is 14.8. The molecule has 0 fully saturated rings. The summed E-state index contributed by atoms with van der Waals surface area (Å²) in [6, 6.07) is 11.1. The highest BCUT2D eigenvalue weighted by Crippen LogP contribution is 2.24. The van der Waals surface area contributed by atoms with E-state index < -0.39 is 23.8 Å². The Balaban J connectivity index is 1.41. The molecule has 3 rings (SSSR count). The quantitative estimate of drug-likeness (QED) is 0.496. The molecular formula is C23H25N3O5. The second-order valence-electron chi connectivity index (χ2n) is 7.38. The standard InChI is InChI=1S/C23H25N3O5/c1-14-8-9-17(12-15(14)2)31-13-20(27)24-10-11-25-21(28)16(3)26-22(29)18-6-4-5-7-19(18)23(26)30/h4-9,12,16H,10-11,13H2,1-3H3,(H,24,27)(H,25,28). The van der Waals surface area contributed by atoms with Crippen LogP contribution in [-0.2, 0) is 9.59 Å². The summed E-state index contributed by atoms with van der Waals surface area (Å²) in [5.74, 6) is -1.16. The number of imide groups is 1. The molecular weight excluding hydrogens is 398 g/mol. The molecule has 162 valence electrons. The molecule has 1 unspecified atom stereocenters. The van der Waals surface area contributed by atoms with E-state index in [1.165, 1.54) is 6.92 Å². The minimum Gasteiger partial charge on any atom is -0.484 e. The van der Waals surface area contributed by atoms with Gasteiger partial charge in [-0.15, -0.1) is 0 Å². The lowest BCUT2D eigenvalue weighted by Crippen LogP contribution is -2.49. The number of aryl methyl sites for hydroxylation is 2. The van der Waals surface area contributed by atoms with Gasteiger partial charge in [-0.3, -0.25) is 24.1 Å². The molecule has 2 aromatic carbocycles. The van der Waals surface area contributed by atoms with E-state index >= 15 is 0 Å². The number of nitrogens with zero attached hydrogens (tertiary/aromatic N) is 1. The lowest BCUT2D eigenvalue weighted by molar-refractivity contribution is -0.125. The topological polar surface area (TPSA) is 105 Å². The fraction of sp³-hybridized carbons (Fsp3) is 0.304. The SMILES string of the molecule is Cc1ccc(OCC(=O)NCCNC(=O)C(C)N2C(=O)c3ccccc3C2=O)cc1C. The van der Waals surface area contributed by atoms with Crippen molar-refractivity contribution < 1.29 is 23.9 Å². The normalized spacial score (nSPS) is 13.6. The number of hydrogen-bond acceptors (Lipinski definition) is 5. The number of carbonyl (C=O) groups is 4. The Morgan fingerprint density at radius 1 is 0.935 bits per heavy atom. The first kappa shape index (κ1) is 22.0. The number of benzene rings is 2. The Bertz CT molecular complexity index is 999. The van der Waals surface area contributed by atoms with Gasteiger partial charge in [0, 0.05) is 13.1 Å². The van der Waals surface area contributed by atoms with Crippen LogP contribution in [0.25, 0.3) is 0 Å². The van der Waals surface area contributed by atoms with Crippen molar-refractivity contribution in [2.24, 2.45) is 0 Å². The van der Waals surface area contributed by atoms with Crippen LogP contribution in [0.15, 0.2) is 42.5 Å². The van der Waals surface area contributed by atoms with E-state index in [2.05, 4.69) is 10.6 Å². The minimum atomic E-state index is -0.962. The van der Waals surface area contributed by atoms with Crippen LogP contribution in [-0.4, -0.2) is 54.3 Å². The number of ether oxygens (including phenoxy) is 1. The van der Waals surface area contributed by atoms with E-state index in [1.54, 1.807) is 30.3 Å². The second kappa shape index (κ2) is 9.42. The van der Waals surface area contributed by atoms with Crippen molar-refractivity contribution in [1.82, 2.24) is 15.5 Å². The summed E-state index contributed by atoms with van der Waals surface area (Å²) in [4.78, 5) is 50.2. The molecule has 0 aromatic heterocycles. The third kappa shape index (κ3) is 4.91. The van der Waals surface area contributed by atoms with Gasteiger partial charge in [-0.2, -0.15) is 0 Å². The molecule has 8 heteroatoms. The van der Waals surface area contributed by atoms with Crippen LogP contribution in [0, 0.1) is 13.8 Å². The zero-order valence-electron chi connectivity index (χ0n) is 17.7. The molecule has 0 radical (unpaired) electrons. The number of hydrogen-bond donors (Lipinski definition) is 2. The van der Waals surface area contributed by atoms with E-state index in [-0.39, 0.29) is 25.6 Å². The molecule has 2 N–H and O–H groups in total. The lowest BCUT2D eigenvalue weighted by Gasteiger charge is -2.21. The smallest absolute Gasteiger partial charge is 0.262 e. The highest BCUT2D eigenvalue weighted by atomic mass is 16.5. The average Bonchev–Trinajstić information content (AvgIpc) is 3.01. The van der Waals surface area contributed by atoms with Crippen molar-refractivity contribution in [1.29, 1.82) is 0 Å². The summed E-state index contributed by atoms with van der Waals surface area (Å²) >= 11 is 0. The Kier molecular flexibility index (Phi) is 6.69. The number of carbonyl (C=O) groups excluding carboxylic acids is 4. The third-order valence-corrected chi connectivity index (χ3v) is 5.19. The van der Waals surface area contributed by atoms with Gasteiger partial charge < -0.3 is 15.4 Å². The van der Waals surface area contributed by atoms with E-state index in [9.17, 15) is 19.2 Å². The van der Waals surface area contributed by atoms with Gasteiger partial charge in [-0.05, 0) is 56.2 Å². The van der Waals surface area contributed by atoms with Gasteiger partial charge in [0.1, 0.15) is 11.8 Å². The fourth-order valence-corrected chi connectivity index (χ4v) is 3.22. The largest absolute Gasteiger partial charge is 0.484 e. The molecule has 0 saturated carbocycles. The van der Waals surface area contributed by atoms with Crippen LogP contribution < -0.4 is 15.4 Å². The molecule has 0 bridgehead atoms. The zero-order valence-corrected chi connectivity index (χ0v) is 17.7. The first-order valence-corrected chi connectivity index (χ1v) is 10.0. The average molecular weight is 423 g/mol. The number of fused-ring (bicyclic) bond motifs is 1. The Labute approximate surface area is 180 Å². The highest BCUT2D eigenvalue weighted by Gasteiger charge is 2.40. The fourth-order valence-electron chi connectivity index (χ4n) is 3.22. The summed E-state index contributed by atoms with van der Waals surface area (Å²) in [5, 5.41) is 5.28. The molecule has 1 heterocycles. The lowest BCUT2D eigenvalue weighted by atomic mass is 10.1. The van der Waals surface area contributed by atoms with Crippen molar-refractivity contribution in [3.63, 3.8) is 0 Å². The molecule has 31 heavy (non-hydrogen) atoms. The predicted molar refractivity (Wildman–Crippen MR) is 114 cm³/mol. The second-order valence-corrected chi connectivity index (χ2v) is 7.38. The number of amides is 4. The van der Waals surface area contributed by atoms with E-state index in [0.29, 0.717) is 16.9 Å². The zero-order chi connectivity index (χ0) is 22.5. The van der Waals surface area contributed by atoms with Crippen LogP contribution in [0.5, 0.6) is 5.75 Å². The summed E-state index contributed by atoms with van der Waals surface area (Å²) in [6.45, 7) is 5.66. The number of nitrogens with one attached hydrogen (secondary N) is 2. The summed E-state index contributed by atoms with van der Waals surface area (Å²) in [5.41, 5.74) is 2.81. The maximum absolute atomic E-state index is 12.5. The van der Waals surface area contributed by atoms with Crippen LogP contribution in [0.1, 0.15) is 38.8 Å². The van der Waals surface area contributed by atoms with Crippen molar-refractivity contribution >= 4 is 23.6 Å². The third-order valence-electron chi connectivity index (χ3n) is 5.19. The summed E-state index contributed by atoms with van der Waals surface area (Å²) in [7, 11) is 0. The van der Waals surface area contributed by atoms with Gasteiger partial charge in [0.25, 0.3) is 17.7 Å². The maximum atomic E-state index is 12.5. The van der Waals surface area contributed by atoms with Gasteiger partial charge in [-0.25, -0.2) is 0 Å². The molecule has 1 atom stereocenters. The number of rotatable bonds is 8. The van der Waals surface area contributed by atoms with Crippen molar-refractivity contribution in [3.05, 3.63) is 64.7 Å². The first-order valence-electron chi connectivity index (χ1n) is 10.0.